The van der Waals surface area contributed by atoms with Crippen LogP contribution >= 0.6 is 24.0 Å². The Hall–Kier alpha value is -1.53. The van der Waals surface area contributed by atoms with E-state index in [4.69, 9.17) is 0 Å². The molecule has 0 bridgehead atoms. The van der Waals surface area contributed by atoms with Gasteiger partial charge in [-0.1, -0.05) is 0 Å². The summed E-state index contributed by atoms with van der Waals surface area (Å²) in [4.78, 5) is 6.49. The summed E-state index contributed by atoms with van der Waals surface area (Å²) in [5.74, 6) is 0.708. The lowest BCUT2D eigenvalue weighted by molar-refractivity contribution is 0.462. The number of halogens is 1. The molecule has 0 saturated heterocycles. The van der Waals surface area contributed by atoms with Crippen molar-refractivity contribution in [1.29, 1.82) is 0 Å². The van der Waals surface area contributed by atoms with Gasteiger partial charge in [-0.15, -0.1) is 24.0 Å². The van der Waals surface area contributed by atoms with Crippen LogP contribution in [0.25, 0.3) is 0 Å². The van der Waals surface area contributed by atoms with Crippen LogP contribution in [0, 0.1) is 0 Å². The van der Waals surface area contributed by atoms with Gasteiger partial charge < -0.3 is 19.4 Å². The molecule has 2 rings (SSSR count). The average Bonchev–Trinajstić information content (AvgIpc) is 3.17. The van der Waals surface area contributed by atoms with Crippen LogP contribution in [0.4, 0.5) is 0 Å². The van der Waals surface area contributed by atoms with Gasteiger partial charge in [-0.3, -0.25) is 4.99 Å². The Morgan fingerprint density at radius 1 is 1.23 bits per heavy atom. The van der Waals surface area contributed by atoms with Crippen LogP contribution in [0.3, 0.4) is 0 Å². The number of guanidine groups is 1. The zero-order chi connectivity index (χ0) is 18.4. The molecule has 0 spiro atoms. The fourth-order valence-corrected chi connectivity index (χ4v) is 3.53. The van der Waals surface area contributed by atoms with Crippen LogP contribution in [0.5, 0.6) is 0 Å². The van der Waals surface area contributed by atoms with E-state index in [9.17, 15) is 8.42 Å². The van der Waals surface area contributed by atoms with Crippen LogP contribution in [-0.4, -0.2) is 55.6 Å². The van der Waals surface area contributed by atoms with Gasteiger partial charge >= 0.3 is 0 Å². The van der Waals surface area contributed by atoms with Crippen molar-refractivity contribution in [1.82, 2.24) is 24.1 Å². The summed E-state index contributed by atoms with van der Waals surface area (Å²) >= 11 is 0. The Kier molecular flexibility index (Phi) is 8.63. The molecule has 0 aliphatic carbocycles. The molecule has 2 aromatic heterocycles. The Morgan fingerprint density at radius 2 is 1.96 bits per heavy atom. The number of nitrogens with zero attached hydrogens (tertiary/aromatic N) is 4. The van der Waals surface area contributed by atoms with Crippen molar-refractivity contribution in [3.63, 3.8) is 0 Å². The van der Waals surface area contributed by atoms with E-state index in [-0.39, 0.29) is 35.4 Å². The summed E-state index contributed by atoms with van der Waals surface area (Å²) in [5.41, 5.74) is 1.16. The number of nitrogens with one attached hydrogen (secondary N) is 2. The van der Waals surface area contributed by atoms with Crippen LogP contribution in [0.1, 0.15) is 5.69 Å². The van der Waals surface area contributed by atoms with Crippen molar-refractivity contribution in [2.45, 2.75) is 11.4 Å². The van der Waals surface area contributed by atoms with Gasteiger partial charge in [0.1, 0.15) is 0 Å². The maximum atomic E-state index is 12.1. The molecule has 10 heteroatoms. The van der Waals surface area contributed by atoms with Gasteiger partial charge in [-0.05, 0) is 18.2 Å². The summed E-state index contributed by atoms with van der Waals surface area (Å²) < 4.78 is 30.6. The largest absolute Gasteiger partial charge is 0.356 e. The zero-order valence-corrected chi connectivity index (χ0v) is 18.7. The van der Waals surface area contributed by atoms with E-state index < -0.39 is 10.0 Å². The molecule has 2 heterocycles. The Morgan fingerprint density at radius 3 is 2.50 bits per heavy atom. The van der Waals surface area contributed by atoms with E-state index in [0.717, 1.165) is 5.69 Å². The molecule has 146 valence electrons. The third kappa shape index (κ3) is 6.02. The van der Waals surface area contributed by atoms with Crippen molar-refractivity contribution in [2.24, 2.45) is 19.1 Å². The summed E-state index contributed by atoms with van der Waals surface area (Å²) in [6.07, 6.45) is 5.27. The summed E-state index contributed by atoms with van der Waals surface area (Å²) in [6.45, 7) is 1.42. The van der Waals surface area contributed by atoms with Crippen LogP contribution in [-0.2, 0) is 30.7 Å². The normalized spacial score (nSPS) is 11.9. The average molecular weight is 494 g/mol. The van der Waals surface area contributed by atoms with E-state index in [1.54, 1.807) is 37.1 Å². The van der Waals surface area contributed by atoms with Crippen LogP contribution < -0.4 is 10.0 Å². The third-order valence-corrected chi connectivity index (χ3v) is 5.29. The van der Waals surface area contributed by atoms with E-state index in [2.05, 4.69) is 25.7 Å². The molecule has 0 amide bonds. The molecule has 0 aliphatic heterocycles. The Bertz CT molecular complexity index is 827. The molecule has 26 heavy (non-hydrogen) atoms. The van der Waals surface area contributed by atoms with E-state index in [1.807, 2.05) is 31.3 Å². The zero-order valence-electron chi connectivity index (χ0n) is 15.5. The minimum Gasteiger partial charge on any atom is -0.356 e. The van der Waals surface area contributed by atoms with E-state index >= 15 is 0 Å². The van der Waals surface area contributed by atoms with Gasteiger partial charge in [-0.2, -0.15) is 0 Å². The molecule has 0 unspecified atom stereocenters. The molecule has 0 aliphatic rings. The maximum absolute atomic E-state index is 12.1. The highest BCUT2D eigenvalue weighted by atomic mass is 127. The van der Waals surface area contributed by atoms with Gasteiger partial charge in [0.25, 0.3) is 0 Å². The van der Waals surface area contributed by atoms with Gasteiger partial charge in [0.2, 0.25) is 10.0 Å². The second-order valence-electron chi connectivity index (χ2n) is 5.85. The van der Waals surface area contributed by atoms with Crippen molar-refractivity contribution in [2.75, 3.05) is 27.2 Å². The fourth-order valence-electron chi connectivity index (χ4n) is 2.44. The molecule has 2 N–H and O–H groups in total. The number of aliphatic imine (C=N–C) groups is 1. The molecule has 0 aromatic carbocycles. The molecule has 0 atom stereocenters. The number of sulfonamides is 1. The molecule has 0 saturated carbocycles. The maximum Gasteiger partial charge on any atom is 0.242 e. The lowest BCUT2D eigenvalue weighted by atomic mass is 10.4. The highest BCUT2D eigenvalue weighted by Crippen LogP contribution is 2.07. The number of aryl methyl sites for hydroxylation is 2. The summed E-state index contributed by atoms with van der Waals surface area (Å²) in [6, 6.07) is 5.62. The molecule has 2 aromatic rings. The quantitative estimate of drug-likeness (QED) is 0.260. The SMILES string of the molecule is CN=C(NCCNS(=O)(=O)c1ccn(C)c1)N(C)Cc1cccn1C.I. The minimum absolute atomic E-state index is 0. The monoisotopic (exact) mass is 494 g/mol. The number of aromatic nitrogens is 2. The van der Waals surface area contributed by atoms with Crippen molar-refractivity contribution >= 4 is 40.0 Å². The van der Waals surface area contributed by atoms with Gasteiger partial charge in [0, 0.05) is 65.6 Å². The van der Waals surface area contributed by atoms with Gasteiger partial charge in [0.05, 0.1) is 11.4 Å². The summed E-state index contributed by atoms with van der Waals surface area (Å²) in [5, 5.41) is 3.16. The Labute approximate surface area is 172 Å². The first-order valence-electron chi connectivity index (χ1n) is 7.97. The first kappa shape index (κ1) is 22.5. The second kappa shape index (κ2) is 9.97. The van der Waals surface area contributed by atoms with E-state index in [1.165, 1.54) is 0 Å². The predicted molar refractivity (Wildman–Crippen MR) is 114 cm³/mol. The fraction of sp³-hybridized carbons (Fsp3) is 0.438. The molecular weight excluding hydrogens is 467 g/mol. The minimum atomic E-state index is -3.48. The highest BCUT2D eigenvalue weighted by Gasteiger charge is 2.14. The van der Waals surface area contributed by atoms with Crippen molar-refractivity contribution < 1.29 is 8.42 Å². The number of hydrogen-bond donors (Lipinski definition) is 2. The van der Waals surface area contributed by atoms with Gasteiger partial charge in [0.15, 0.2) is 5.96 Å². The summed E-state index contributed by atoms with van der Waals surface area (Å²) in [7, 11) is 3.95. The Balaban J connectivity index is 0.00000338. The van der Waals surface area contributed by atoms with Crippen molar-refractivity contribution in [3.05, 3.63) is 42.5 Å². The first-order chi connectivity index (χ1) is 11.8. The number of hydrogen-bond acceptors (Lipinski definition) is 3. The lowest BCUT2D eigenvalue weighted by Gasteiger charge is -2.22. The van der Waals surface area contributed by atoms with Crippen LogP contribution in [0.15, 0.2) is 46.7 Å². The second-order valence-corrected chi connectivity index (χ2v) is 7.62. The van der Waals surface area contributed by atoms with Crippen molar-refractivity contribution in [3.8, 4) is 0 Å². The topological polar surface area (TPSA) is 83.7 Å². The first-order valence-corrected chi connectivity index (χ1v) is 9.45. The molecular formula is C16H27IN6O2S. The molecule has 0 radical (unpaired) electrons. The lowest BCUT2D eigenvalue weighted by Crippen LogP contribution is -2.42. The standard InChI is InChI=1S/C16H26N6O2S.HI/c1-17-16(22(4)12-14-6-5-10-21(14)3)18-8-9-19-25(23,24)15-7-11-20(2)13-15;/h5-7,10-11,13,19H,8-9,12H2,1-4H3,(H,17,18);1H. The number of rotatable bonds is 7. The smallest absolute Gasteiger partial charge is 0.242 e. The predicted octanol–water partition coefficient (Wildman–Crippen LogP) is 0.967. The van der Waals surface area contributed by atoms with Gasteiger partial charge in [-0.25, -0.2) is 13.1 Å². The van der Waals surface area contributed by atoms with E-state index in [0.29, 0.717) is 19.0 Å². The highest BCUT2D eigenvalue weighted by molar-refractivity contribution is 14.0. The van der Waals surface area contributed by atoms with Crippen LogP contribution in [0.2, 0.25) is 0 Å². The third-order valence-electron chi connectivity index (χ3n) is 3.84. The molecule has 8 nitrogen and oxygen atoms in total. The molecule has 0 fully saturated rings.